The van der Waals surface area contributed by atoms with Crippen LogP contribution in [0, 0.1) is 0 Å². The largest absolute Gasteiger partial charge is 0.351 e. The van der Waals surface area contributed by atoms with Crippen molar-refractivity contribution in [2.75, 3.05) is 6.61 Å². The van der Waals surface area contributed by atoms with Crippen LogP contribution in [-0.4, -0.2) is 11.5 Å². The highest BCUT2D eigenvalue weighted by atomic mass is 31.2. The lowest BCUT2D eigenvalue weighted by Gasteiger charge is -2.04. The summed E-state index contributed by atoms with van der Waals surface area (Å²) in [6.07, 6.45) is 15.8. The second kappa shape index (κ2) is 13.9. The van der Waals surface area contributed by atoms with Gasteiger partial charge in [0, 0.05) is 5.82 Å². The molecule has 0 heterocycles. The highest BCUT2D eigenvalue weighted by molar-refractivity contribution is 7.56. The van der Waals surface area contributed by atoms with Gasteiger partial charge in [-0.1, -0.05) is 70.8 Å². The fourth-order valence-corrected chi connectivity index (χ4v) is 3.06. The van der Waals surface area contributed by atoms with Gasteiger partial charge in [-0.25, -0.2) is 0 Å². The quantitative estimate of drug-likeness (QED) is 0.314. The molecule has 0 aliphatic heterocycles. The van der Waals surface area contributed by atoms with E-state index in [-0.39, 0.29) is 6.61 Å². The SMILES string of the molecule is CCCCCCCCCCCCC=CP(=O)(O)OCC. The van der Waals surface area contributed by atoms with E-state index in [1.807, 2.05) is 0 Å². The molecule has 1 N–H and O–H groups in total. The van der Waals surface area contributed by atoms with Gasteiger partial charge in [-0.3, -0.25) is 4.57 Å². The monoisotopic (exact) mass is 304 g/mol. The summed E-state index contributed by atoms with van der Waals surface area (Å²) in [5, 5.41) is 0. The van der Waals surface area contributed by atoms with Gasteiger partial charge in [-0.05, 0) is 19.8 Å². The van der Waals surface area contributed by atoms with Crippen LogP contribution in [0.2, 0.25) is 0 Å². The predicted octanol–water partition coefficient (Wildman–Crippen LogP) is 6.03. The summed E-state index contributed by atoms with van der Waals surface area (Å²) in [4.78, 5) is 9.32. The Bertz CT molecular complexity index is 277. The second-order valence-corrected chi connectivity index (χ2v) is 7.02. The standard InChI is InChI=1S/C16H33O3P/c1-3-5-6-7-8-9-10-11-12-13-14-15-16-20(17,18)19-4-2/h15-16H,3-14H2,1-2H3,(H,17,18). The van der Waals surface area contributed by atoms with Crippen LogP contribution in [0.15, 0.2) is 11.9 Å². The van der Waals surface area contributed by atoms with Crippen molar-refractivity contribution in [2.45, 2.75) is 84.5 Å². The van der Waals surface area contributed by atoms with Gasteiger partial charge in [0.2, 0.25) is 0 Å². The van der Waals surface area contributed by atoms with Gasteiger partial charge in [-0.15, -0.1) is 0 Å². The number of allylic oxidation sites excluding steroid dienone is 1. The van der Waals surface area contributed by atoms with Crippen LogP contribution in [0.3, 0.4) is 0 Å². The maximum Gasteiger partial charge on any atom is 0.351 e. The van der Waals surface area contributed by atoms with Crippen molar-refractivity contribution in [1.82, 2.24) is 0 Å². The molecule has 0 aromatic carbocycles. The van der Waals surface area contributed by atoms with E-state index in [0.29, 0.717) is 0 Å². The maximum atomic E-state index is 11.3. The summed E-state index contributed by atoms with van der Waals surface area (Å²) in [6, 6.07) is 0. The van der Waals surface area contributed by atoms with Gasteiger partial charge in [0.1, 0.15) is 0 Å². The highest BCUT2D eigenvalue weighted by Crippen LogP contribution is 2.43. The minimum Gasteiger partial charge on any atom is -0.321 e. The summed E-state index contributed by atoms with van der Waals surface area (Å²) in [5.74, 6) is 1.32. The Labute approximate surface area is 125 Å². The Morgan fingerprint density at radius 3 is 1.90 bits per heavy atom. The summed E-state index contributed by atoms with van der Waals surface area (Å²) in [5.41, 5.74) is 0. The van der Waals surface area contributed by atoms with Crippen molar-refractivity contribution in [1.29, 1.82) is 0 Å². The topological polar surface area (TPSA) is 46.5 Å². The van der Waals surface area contributed by atoms with E-state index in [1.54, 1.807) is 13.0 Å². The molecule has 0 fully saturated rings. The van der Waals surface area contributed by atoms with Crippen molar-refractivity contribution in [3.63, 3.8) is 0 Å². The summed E-state index contributed by atoms with van der Waals surface area (Å²) in [7, 11) is -3.45. The van der Waals surface area contributed by atoms with Crippen LogP contribution in [0.25, 0.3) is 0 Å². The molecule has 1 atom stereocenters. The molecule has 1 unspecified atom stereocenters. The smallest absolute Gasteiger partial charge is 0.321 e. The van der Waals surface area contributed by atoms with E-state index in [0.717, 1.165) is 12.8 Å². The predicted molar refractivity (Wildman–Crippen MR) is 87.1 cm³/mol. The minimum atomic E-state index is -3.45. The molecule has 0 bridgehead atoms. The molecule has 20 heavy (non-hydrogen) atoms. The number of hydrogen-bond donors (Lipinski definition) is 1. The number of unbranched alkanes of at least 4 members (excludes halogenated alkanes) is 10. The highest BCUT2D eigenvalue weighted by Gasteiger charge is 2.11. The number of rotatable bonds is 14. The van der Waals surface area contributed by atoms with E-state index in [2.05, 4.69) is 6.92 Å². The van der Waals surface area contributed by atoms with Gasteiger partial charge < -0.3 is 9.42 Å². The molecule has 0 amide bonds. The third-order valence-corrected chi connectivity index (χ3v) is 4.55. The molecule has 120 valence electrons. The average molecular weight is 304 g/mol. The zero-order valence-corrected chi connectivity index (χ0v) is 14.2. The lowest BCUT2D eigenvalue weighted by atomic mass is 10.1. The van der Waals surface area contributed by atoms with Crippen LogP contribution >= 0.6 is 7.60 Å². The molecule has 0 aromatic heterocycles. The lowest BCUT2D eigenvalue weighted by molar-refractivity contribution is 0.283. The van der Waals surface area contributed by atoms with Crippen molar-refractivity contribution in [2.24, 2.45) is 0 Å². The minimum absolute atomic E-state index is 0.274. The van der Waals surface area contributed by atoms with Crippen LogP contribution in [-0.2, 0) is 9.09 Å². The Kier molecular flexibility index (Phi) is 13.8. The van der Waals surface area contributed by atoms with E-state index >= 15 is 0 Å². The fraction of sp³-hybridized carbons (Fsp3) is 0.875. The zero-order valence-electron chi connectivity index (χ0n) is 13.4. The van der Waals surface area contributed by atoms with E-state index in [9.17, 15) is 9.46 Å². The molecule has 4 heteroatoms. The Hall–Kier alpha value is -0.110. The van der Waals surface area contributed by atoms with Crippen molar-refractivity contribution < 1.29 is 14.0 Å². The molecular weight excluding hydrogens is 271 g/mol. The van der Waals surface area contributed by atoms with Crippen molar-refractivity contribution in [3.8, 4) is 0 Å². The van der Waals surface area contributed by atoms with Crippen molar-refractivity contribution in [3.05, 3.63) is 11.9 Å². The Morgan fingerprint density at radius 2 is 1.40 bits per heavy atom. The van der Waals surface area contributed by atoms with Gasteiger partial charge >= 0.3 is 7.60 Å². The van der Waals surface area contributed by atoms with E-state index in [4.69, 9.17) is 4.52 Å². The second-order valence-electron chi connectivity index (χ2n) is 5.34. The molecular formula is C16H33O3P. The molecule has 0 aliphatic rings. The normalized spacial score (nSPS) is 14.8. The molecule has 3 nitrogen and oxygen atoms in total. The van der Waals surface area contributed by atoms with Crippen LogP contribution in [0.1, 0.15) is 84.5 Å². The third kappa shape index (κ3) is 14.3. The molecule has 0 saturated carbocycles. The first-order chi connectivity index (χ1) is 9.62. The first-order valence-corrected chi connectivity index (χ1v) is 9.91. The first kappa shape index (κ1) is 19.9. The Balaban J connectivity index is 3.28. The van der Waals surface area contributed by atoms with Gasteiger partial charge in [-0.2, -0.15) is 0 Å². The molecule has 0 radical (unpaired) electrons. The van der Waals surface area contributed by atoms with Crippen LogP contribution < -0.4 is 0 Å². The van der Waals surface area contributed by atoms with Gasteiger partial charge in [0.25, 0.3) is 0 Å². The van der Waals surface area contributed by atoms with Crippen LogP contribution in [0.4, 0.5) is 0 Å². The molecule has 0 saturated heterocycles. The van der Waals surface area contributed by atoms with E-state index < -0.39 is 7.60 Å². The molecule has 0 rings (SSSR count). The average Bonchev–Trinajstić information content (AvgIpc) is 2.40. The first-order valence-electron chi connectivity index (χ1n) is 8.27. The molecule has 0 spiro atoms. The maximum absolute atomic E-state index is 11.3. The molecule has 0 aliphatic carbocycles. The third-order valence-electron chi connectivity index (χ3n) is 3.33. The molecule has 0 aromatic rings. The summed E-state index contributed by atoms with van der Waals surface area (Å²) in [6.45, 7) is 4.24. The van der Waals surface area contributed by atoms with Gasteiger partial charge in [0.15, 0.2) is 0 Å². The summed E-state index contributed by atoms with van der Waals surface area (Å²) >= 11 is 0. The number of hydrogen-bond acceptors (Lipinski definition) is 2. The van der Waals surface area contributed by atoms with Crippen molar-refractivity contribution >= 4 is 7.60 Å². The Morgan fingerprint density at radius 1 is 0.900 bits per heavy atom. The fourth-order valence-electron chi connectivity index (χ4n) is 2.19. The lowest BCUT2D eigenvalue weighted by Crippen LogP contribution is -1.84. The van der Waals surface area contributed by atoms with Crippen LogP contribution in [0.5, 0.6) is 0 Å². The zero-order chi connectivity index (χ0) is 15.1. The summed E-state index contributed by atoms with van der Waals surface area (Å²) < 4.78 is 16.1. The van der Waals surface area contributed by atoms with E-state index in [1.165, 1.54) is 63.6 Å². The van der Waals surface area contributed by atoms with Gasteiger partial charge in [0.05, 0.1) is 6.61 Å².